The highest BCUT2D eigenvalue weighted by Crippen LogP contribution is 2.40. The molecule has 12 atom stereocenters. The number of ether oxygens (including phenoxy) is 5. The predicted molar refractivity (Wildman–Crippen MR) is 224 cm³/mol. The van der Waals surface area contributed by atoms with Gasteiger partial charge in [-0.15, -0.1) is 5.10 Å². The lowest BCUT2D eigenvalue weighted by molar-refractivity contribution is -0.289. The zero-order valence-electron chi connectivity index (χ0n) is 36.4. The van der Waals surface area contributed by atoms with Crippen molar-refractivity contribution in [3.63, 3.8) is 0 Å². The van der Waals surface area contributed by atoms with Crippen molar-refractivity contribution in [2.75, 3.05) is 40.0 Å². The van der Waals surface area contributed by atoms with Gasteiger partial charge in [-0.1, -0.05) is 38.6 Å². The number of hydrogen-bond acceptors (Lipinski definition) is 14. The maximum Gasteiger partial charge on any atom is 0.410 e. The molecule has 3 aliphatic rings. The number of Topliss-reactive ketones (excluding diaryl/α,β-unsaturated/α-hetero) is 1. The largest absolute Gasteiger partial charge is 0.455 e. The third-order valence-electron chi connectivity index (χ3n) is 12.5. The van der Waals surface area contributed by atoms with E-state index in [1.807, 2.05) is 64.2 Å². The van der Waals surface area contributed by atoms with Crippen LogP contribution < -0.4 is 11.1 Å². The second-order valence-corrected chi connectivity index (χ2v) is 17.5. The second-order valence-electron chi connectivity index (χ2n) is 17.5. The first kappa shape index (κ1) is 48.9. The van der Waals surface area contributed by atoms with Crippen LogP contribution in [-0.2, 0) is 39.8 Å². The Bertz CT molecular complexity index is 1760. The molecule has 0 saturated carbocycles. The van der Waals surface area contributed by atoms with Gasteiger partial charge < -0.3 is 44.7 Å². The lowest BCUT2D eigenvalue weighted by Gasteiger charge is -2.45. The Hall–Kier alpha value is -3.74. The van der Waals surface area contributed by atoms with Gasteiger partial charge >= 0.3 is 12.1 Å². The van der Waals surface area contributed by atoms with Gasteiger partial charge in [0.1, 0.15) is 17.9 Å². The molecule has 338 valence electrons. The van der Waals surface area contributed by atoms with Gasteiger partial charge in [-0.2, -0.15) is 0 Å². The van der Waals surface area contributed by atoms with Crippen molar-refractivity contribution in [2.24, 2.45) is 5.92 Å². The summed E-state index contributed by atoms with van der Waals surface area (Å²) in [7, 11) is 5.19. The zero-order valence-corrected chi connectivity index (χ0v) is 36.4. The van der Waals surface area contributed by atoms with E-state index in [-0.39, 0.29) is 31.9 Å². The summed E-state index contributed by atoms with van der Waals surface area (Å²) in [6.45, 7) is 13.3. The number of ketones is 1. The molecule has 0 spiro atoms. The SMILES string of the molecule is C.CC[C@H]1OC(=O)C(C)(F)C(=O)C[C@@H](O[C@@H]2OC(C)CC(N(C)C)C2O)[C@](C)(OC)C[C@@H](C)CN[C@H](C)[C@H]2N(CCCCn3cc(-c4cccc(N)c4)nn3)C(=O)O[C@]12C. The molecule has 4 N–H and O–H groups in total. The molecule has 5 rings (SSSR count). The predicted octanol–water partition coefficient (Wildman–Crippen LogP) is 4.77. The van der Waals surface area contributed by atoms with Gasteiger partial charge in [0.05, 0.1) is 30.0 Å². The fourth-order valence-electron chi connectivity index (χ4n) is 8.93. The van der Waals surface area contributed by atoms with E-state index >= 15 is 4.39 Å². The van der Waals surface area contributed by atoms with Crippen LogP contribution in [0.15, 0.2) is 30.5 Å². The van der Waals surface area contributed by atoms with Crippen molar-refractivity contribution in [3.8, 4) is 11.3 Å². The summed E-state index contributed by atoms with van der Waals surface area (Å²) in [6, 6.07) is 6.08. The van der Waals surface area contributed by atoms with E-state index in [9.17, 15) is 19.5 Å². The van der Waals surface area contributed by atoms with E-state index in [1.54, 1.807) is 36.4 Å². The molecule has 3 fully saturated rings. The number of aliphatic hydroxyl groups is 1. The number of aliphatic hydroxyl groups excluding tert-OH is 1. The maximum atomic E-state index is 16.7. The van der Waals surface area contributed by atoms with Crippen LogP contribution in [0.4, 0.5) is 14.9 Å². The summed E-state index contributed by atoms with van der Waals surface area (Å²) in [5.41, 5.74) is 2.43. The molecular weight excluding hydrogens is 778 g/mol. The number of nitrogens with two attached hydrogens (primary N) is 1. The Kier molecular flexibility index (Phi) is 16.3. The Labute approximate surface area is 354 Å². The number of halogens is 1. The standard InChI is InChI=1S/C42H66FN7O9.CH4/c1-11-33-42(7)36(50(39(54)59-42)18-13-12-17-49-24-30(46-47-49)28-15-14-16-29(44)20-28)27(4)45-23-25(2)22-40(5,55-10)34(21-32(51)41(6,43)38(53)58-33)57-37-35(52)31(48(8)9)19-26(3)56-37;/h14-16,20,24-27,31,33-37,45,52H,11-13,17-19,21-23,44H2,1-10H3;1H4/t25-,26?,27-,31?,33-,34-,35?,36-,37+,40-,41?,42-;/m1./s1. The number of fused-ring (bicyclic) bond motifs is 1. The van der Waals surface area contributed by atoms with Gasteiger partial charge in [-0.05, 0) is 105 Å². The van der Waals surface area contributed by atoms with Crippen molar-refractivity contribution < 1.29 is 47.6 Å². The molecule has 0 bridgehead atoms. The molecule has 1 amide bonds. The minimum absolute atomic E-state index is 0. The number of nitrogen functional groups attached to an aromatic ring is 1. The third kappa shape index (κ3) is 10.6. The topological polar surface area (TPSA) is 193 Å². The smallest absolute Gasteiger partial charge is 0.410 e. The molecule has 4 heterocycles. The molecule has 1 aromatic carbocycles. The van der Waals surface area contributed by atoms with E-state index in [2.05, 4.69) is 15.6 Å². The maximum absolute atomic E-state index is 16.7. The van der Waals surface area contributed by atoms with Gasteiger partial charge in [-0.25, -0.2) is 14.0 Å². The number of anilines is 1. The highest BCUT2D eigenvalue weighted by molar-refractivity contribution is 6.07. The van der Waals surface area contributed by atoms with Crippen LogP contribution in [0.1, 0.15) is 94.4 Å². The van der Waals surface area contributed by atoms with Crippen molar-refractivity contribution in [3.05, 3.63) is 30.5 Å². The number of carbonyl (C=O) groups excluding carboxylic acids is 3. The number of aromatic nitrogens is 3. The molecule has 16 nitrogen and oxygen atoms in total. The quantitative estimate of drug-likeness (QED) is 0.121. The van der Waals surface area contributed by atoms with Crippen LogP contribution in [0.3, 0.4) is 0 Å². The van der Waals surface area contributed by atoms with E-state index in [0.29, 0.717) is 56.7 Å². The lowest BCUT2D eigenvalue weighted by atomic mass is 9.83. The number of carbonyl (C=O) groups is 3. The Balaban J connectivity index is 0.00000794. The number of esters is 1. The number of nitrogens with one attached hydrogen (secondary N) is 1. The average Bonchev–Trinajstić information content (AvgIpc) is 3.76. The Morgan fingerprint density at radius 1 is 1.12 bits per heavy atom. The highest BCUT2D eigenvalue weighted by atomic mass is 19.1. The number of rotatable bonds is 11. The lowest BCUT2D eigenvalue weighted by Crippen LogP contribution is -2.61. The number of cyclic esters (lactones) is 1. The number of benzene rings is 1. The van der Waals surface area contributed by atoms with Crippen LogP contribution >= 0.6 is 0 Å². The minimum atomic E-state index is -3.10. The van der Waals surface area contributed by atoms with E-state index in [0.717, 1.165) is 12.5 Å². The normalized spacial score (nSPS) is 35.9. The van der Waals surface area contributed by atoms with Crippen molar-refractivity contribution in [2.45, 2.75) is 167 Å². The third-order valence-corrected chi connectivity index (χ3v) is 12.5. The first-order valence-electron chi connectivity index (χ1n) is 20.9. The van der Waals surface area contributed by atoms with Gasteiger partial charge in [0.15, 0.2) is 17.7 Å². The van der Waals surface area contributed by atoms with Crippen LogP contribution in [0.25, 0.3) is 11.3 Å². The van der Waals surface area contributed by atoms with Crippen molar-refractivity contribution >= 4 is 23.5 Å². The van der Waals surface area contributed by atoms with Crippen LogP contribution in [0, 0.1) is 5.92 Å². The molecule has 3 aliphatic heterocycles. The second kappa shape index (κ2) is 20.0. The zero-order chi connectivity index (χ0) is 43.4. The summed E-state index contributed by atoms with van der Waals surface area (Å²) in [5, 5.41) is 23.5. The summed E-state index contributed by atoms with van der Waals surface area (Å²) in [5.74, 6) is -2.58. The minimum Gasteiger partial charge on any atom is -0.455 e. The number of methoxy groups -OCH3 is 1. The van der Waals surface area contributed by atoms with Crippen LogP contribution in [-0.4, -0.2) is 148 Å². The summed E-state index contributed by atoms with van der Waals surface area (Å²) in [4.78, 5) is 45.1. The number of nitrogens with zero attached hydrogens (tertiary/aromatic N) is 5. The average molecular weight is 848 g/mol. The number of hydrogen-bond donors (Lipinski definition) is 3. The van der Waals surface area contributed by atoms with E-state index in [4.69, 9.17) is 29.4 Å². The number of aryl methyl sites for hydroxylation is 1. The summed E-state index contributed by atoms with van der Waals surface area (Å²) < 4.78 is 49.0. The van der Waals surface area contributed by atoms with Crippen molar-refractivity contribution in [1.82, 2.24) is 30.1 Å². The number of alkyl halides is 1. The molecule has 1 aromatic heterocycles. The molecule has 60 heavy (non-hydrogen) atoms. The monoisotopic (exact) mass is 848 g/mol. The molecule has 2 aromatic rings. The Morgan fingerprint density at radius 2 is 1.82 bits per heavy atom. The molecule has 3 saturated heterocycles. The number of likely N-dealkylation sites (N-methyl/N-ethyl adjacent to an activating group) is 1. The fraction of sp³-hybridized carbons (Fsp3) is 0.744. The number of unbranched alkanes of at least 4 members (excludes halogenated alkanes) is 1. The molecule has 17 heteroatoms. The summed E-state index contributed by atoms with van der Waals surface area (Å²) >= 11 is 0. The van der Waals surface area contributed by atoms with Gasteiger partial charge in [0.2, 0.25) is 0 Å². The molecule has 4 unspecified atom stereocenters. The summed E-state index contributed by atoms with van der Waals surface area (Å²) in [6.07, 6.45) is -1.74. The number of amides is 1. The molecule has 0 radical (unpaired) electrons. The Morgan fingerprint density at radius 3 is 2.47 bits per heavy atom. The van der Waals surface area contributed by atoms with E-state index < -0.39 is 77.8 Å². The highest BCUT2D eigenvalue weighted by Gasteiger charge is 2.59. The van der Waals surface area contributed by atoms with Gasteiger partial charge in [0.25, 0.3) is 5.67 Å². The van der Waals surface area contributed by atoms with Crippen LogP contribution in [0.2, 0.25) is 0 Å². The molecule has 0 aliphatic carbocycles. The van der Waals surface area contributed by atoms with E-state index in [1.165, 1.54) is 7.11 Å². The van der Waals surface area contributed by atoms with Crippen molar-refractivity contribution in [1.29, 1.82) is 0 Å². The first-order valence-corrected chi connectivity index (χ1v) is 20.9. The van der Waals surface area contributed by atoms with Gasteiger partial charge in [0, 0.05) is 50.0 Å². The first-order chi connectivity index (χ1) is 27.7. The van der Waals surface area contributed by atoms with Gasteiger partial charge in [-0.3, -0.25) is 14.4 Å². The van der Waals surface area contributed by atoms with Crippen LogP contribution in [0.5, 0.6) is 0 Å². The fourth-order valence-corrected chi connectivity index (χ4v) is 8.93. The molecular formula is C43H70FN7O9.